The van der Waals surface area contributed by atoms with E-state index in [0.29, 0.717) is 0 Å². The minimum atomic E-state index is -0.428. The van der Waals surface area contributed by atoms with Crippen LogP contribution in [0.3, 0.4) is 0 Å². The molecule has 1 aromatic rings. The highest BCUT2D eigenvalue weighted by Gasteiger charge is 2.28. The van der Waals surface area contributed by atoms with Crippen molar-refractivity contribution in [3.63, 3.8) is 0 Å². The molecule has 4 aliphatic heterocycles. The van der Waals surface area contributed by atoms with Gasteiger partial charge in [0.1, 0.15) is 4.87 Å². The summed E-state index contributed by atoms with van der Waals surface area (Å²) in [5.74, 6) is 0. The maximum absolute atomic E-state index is 4.81. The molecule has 2 N–H and O–H groups in total. The molecule has 1 unspecified atom stereocenters. The van der Waals surface area contributed by atoms with E-state index in [4.69, 9.17) is 12.6 Å². The molecule has 8 bridgehead atoms. The van der Waals surface area contributed by atoms with E-state index in [9.17, 15) is 0 Å². The largest absolute Gasteiger partial charge is 0.368 e. The van der Waals surface area contributed by atoms with E-state index in [1.165, 1.54) is 0 Å². The van der Waals surface area contributed by atoms with E-state index in [1.807, 2.05) is 54.7 Å². The zero-order chi connectivity index (χ0) is 16.9. The second kappa shape index (κ2) is 5.36. The van der Waals surface area contributed by atoms with Crippen LogP contribution in [0.4, 0.5) is 0 Å². The molecule has 0 saturated heterocycles. The molecule has 5 heteroatoms. The Hall–Kier alpha value is -2.79. The Morgan fingerprint density at radius 2 is 1.56 bits per heavy atom. The molecule has 0 aliphatic carbocycles. The number of nitrogens with zero attached hydrogens (tertiary/aromatic N) is 2. The van der Waals surface area contributed by atoms with Gasteiger partial charge in [-0.05, 0) is 60.7 Å². The number of aromatic nitrogens is 1. The molecule has 0 radical (unpaired) electrons. The smallest absolute Gasteiger partial charge is 0.105 e. The first-order chi connectivity index (χ1) is 12.1. The van der Waals surface area contributed by atoms with Gasteiger partial charge < -0.3 is 10.3 Å². The third-order valence-corrected chi connectivity index (χ3v) is 4.81. The van der Waals surface area contributed by atoms with E-state index in [0.717, 1.165) is 45.6 Å². The number of aliphatic imine (C=N–C) groups is 2. The number of hydrogen-bond acceptors (Lipinski definition) is 4. The number of hydrogen-bond donors (Lipinski definition) is 3. The second-order valence-corrected chi connectivity index (χ2v) is 7.25. The third kappa shape index (κ3) is 2.87. The molecule has 4 aliphatic rings. The van der Waals surface area contributed by atoms with Gasteiger partial charge in [-0.15, -0.1) is 12.6 Å². The number of nitrogens with one attached hydrogen (secondary N) is 2. The maximum Gasteiger partial charge on any atom is 0.105 e. The van der Waals surface area contributed by atoms with Crippen molar-refractivity contribution in [1.29, 1.82) is 0 Å². The van der Waals surface area contributed by atoms with Crippen molar-refractivity contribution in [1.82, 2.24) is 10.3 Å². The molecule has 4 nitrogen and oxygen atoms in total. The van der Waals surface area contributed by atoms with Crippen LogP contribution in [0, 0.1) is 0 Å². The van der Waals surface area contributed by atoms with E-state index in [2.05, 4.69) is 32.4 Å². The Morgan fingerprint density at radius 3 is 2.32 bits per heavy atom. The van der Waals surface area contributed by atoms with Crippen molar-refractivity contribution < 1.29 is 0 Å². The molecular formula is C20H16N4S. The van der Waals surface area contributed by atoms with Crippen LogP contribution in [0.5, 0.6) is 0 Å². The first kappa shape index (κ1) is 14.5. The van der Waals surface area contributed by atoms with E-state index < -0.39 is 4.87 Å². The molecule has 25 heavy (non-hydrogen) atoms. The quantitative estimate of drug-likeness (QED) is 0.619. The lowest BCUT2D eigenvalue weighted by atomic mass is 10.2. The van der Waals surface area contributed by atoms with Gasteiger partial charge in [-0.25, -0.2) is 9.98 Å². The number of allylic oxidation sites excluding steroid dienone is 5. The van der Waals surface area contributed by atoms with Crippen molar-refractivity contribution >= 4 is 36.2 Å². The molecule has 0 amide bonds. The third-order valence-electron chi connectivity index (χ3n) is 4.39. The molecule has 5 heterocycles. The van der Waals surface area contributed by atoms with Gasteiger partial charge in [0, 0.05) is 22.8 Å². The molecule has 0 aromatic carbocycles. The summed E-state index contributed by atoms with van der Waals surface area (Å²) in [4.78, 5) is 12.3. The van der Waals surface area contributed by atoms with Crippen molar-refractivity contribution in [2.75, 3.05) is 0 Å². The van der Waals surface area contributed by atoms with Gasteiger partial charge in [-0.3, -0.25) is 0 Å². The van der Waals surface area contributed by atoms with Crippen LogP contribution in [0.15, 0.2) is 81.7 Å². The molecule has 0 spiro atoms. The molecule has 1 atom stereocenters. The van der Waals surface area contributed by atoms with Crippen LogP contribution in [-0.2, 0) is 0 Å². The fourth-order valence-electron chi connectivity index (χ4n) is 3.24. The first-order valence-corrected chi connectivity index (χ1v) is 8.66. The van der Waals surface area contributed by atoms with Gasteiger partial charge in [0.2, 0.25) is 0 Å². The number of aromatic amines is 1. The number of thiol groups is 1. The summed E-state index contributed by atoms with van der Waals surface area (Å²) in [5.41, 5.74) is 4.74. The Kier molecular flexibility index (Phi) is 3.12. The zero-order valence-electron chi connectivity index (χ0n) is 13.4. The predicted molar refractivity (Wildman–Crippen MR) is 106 cm³/mol. The average Bonchev–Trinajstić information content (AvgIpc) is 3.32. The monoisotopic (exact) mass is 344 g/mol. The normalized spacial score (nSPS) is 26.0. The number of H-pyrrole nitrogens is 1. The fraction of sp³-hybridized carbons (Fsp3) is 0.100. The zero-order valence-corrected chi connectivity index (χ0v) is 14.3. The van der Waals surface area contributed by atoms with E-state index in [1.54, 1.807) is 0 Å². The van der Waals surface area contributed by atoms with Gasteiger partial charge in [0.15, 0.2) is 0 Å². The van der Waals surface area contributed by atoms with Crippen molar-refractivity contribution in [2.24, 2.45) is 9.98 Å². The Labute approximate surface area is 150 Å². The van der Waals surface area contributed by atoms with Crippen molar-refractivity contribution in [3.8, 4) is 0 Å². The predicted octanol–water partition coefficient (Wildman–Crippen LogP) is 1.88. The average molecular weight is 344 g/mol. The summed E-state index contributed by atoms with van der Waals surface area (Å²) >= 11 is 4.81. The van der Waals surface area contributed by atoms with Gasteiger partial charge in [-0.1, -0.05) is 6.08 Å². The number of rotatable bonds is 0. The van der Waals surface area contributed by atoms with Crippen LogP contribution in [-0.4, -0.2) is 21.3 Å². The Morgan fingerprint density at radius 1 is 0.880 bits per heavy atom. The summed E-state index contributed by atoms with van der Waals surface area (Å²) in [6, 6.07) is 4.10. The van der Waals surface area contributed by atoms with Gasteiger partial charge in [0.25, 0.3) is 0 Å². The SMILES string of the molecule is SC12C=C3C=CC(=N3)C=c3ccc([nH]3)=CC3=NC(=CC(=CC1)N2)C=C3. The highest BCUT2D eigenvalue weighted by Crippen LogP contribution is 2.30. The Bertz CT molecular complexity index is 1100. The summed E-state index contributed by atoms with van der Waals surface area (Å²) in [5, 5.41) is 5.50. The second-order valence-electron chi connectivity index (χ2n) is 6.45. The topological polar surface area (TPSA) is 52.5 Å². The molecule has 5 rings (SSSR count). The van der Waals surface area contributed by atoms with Crippen LogP contribution < -0.4 is 16.0 Å². The lowest BCUT2D eigenvalue weighted by Crippen LogP contribution is -2.32. The fourth-order valence-corrected chi connectivity index (χ4v) is 3.59. The van der Waals surface area contributed by atoms with Gasteiger partial charge >= 0.3 is 0 Å². The highest BCUT2D eigenvalue weighted by molar-refractivity contribution is 7.82. The van der Waals surface area contributed by atoms with Gasteiger partial charge in [0.05, 0.1) is 22.8 Å². The lowest BCUT2D eigenvalue weighted by Gasteiger charge is -2.21. The van der Waals surface area contributed by atoms with E-state index >= 15 is 0 Å². The van der Waals surface area contributed by atoms with Gasteiger partial charge in [-0.2, -0.15) is 0 Å². The highest BCUT2D eigenvalue weighted by atomic mass is 32.1. The molecular weight excluding hydrogens is 328 g/mol. The van der Waals surface area contributed by atoms with Crippen LogP contribution in [0.25, 0.3) is 12.2 Å². The summed E-state index contributed by atoms with van der Waals surface area (Å²) in [6.07, 6.45) is 19.2. The van der Waals surface area contributed by atoms with Crippen molar-refractivity contribution in [3.05, 3.63) is 82.5 Å². The standard InChI is InChI=1S/C20H16N4S/c25-20-8-7-18(24-20)11-17-4-3-14(22-17)9-13-1-2-15(21-13)10-16-5-6-19(12-20)23-16/h1-7,9-12,21,24-25H,8H2. The number of fused-ring (bicyclic) bond motifs is 6. The summed E-state index contributed by atoms with van der Waals surface area (Å²) < 4.78 is 0. The van der Waals surface area contributed by atoms with Crippen molar-refractivity contribution in [2.45, 2.75) is 11.3 Å². The van der Waals surface area contributed by atoms with Crippen LogP contribution >= 0.6 is 12.6 Å². The van der Waals surface area contributed by atoms with Crippen LogP contribution in [0.2, 0.25) is 0 Å². The molecule has 1 aromatic heterocycles. The van der Waals surface area contributed by atoms with E-state index in [-0.39, 0.29) is 0 Å². The maximum atomic E-state index is 4.81. The molecule has 0 fully saturated rings. The lowest BCUT2D eigenvalue weighted by molar-refractivity contribution is 0.683. The Balaban J connectivity index is 1.67. The minimum absolute atomic E-state index is 0.428. The molecule has 0 saturated carbocycles. The molecule has 122 valence electrons. The summed E-state index contributed by atoms with van der Waals surface area (Å²) in [7, 11) is 0. The minimum Gasteiger partial charge on any atom is -0.368 e. The summed E-state index contributed by atoms with van der Waals surface area (Å²) in [6.45, 7) is 0. The first-order valence-electron chi connectivity index (χ1n) is 8.21. The van der Waals surface area contributed by atoms with Crippen LogP contribution in [0.1, 0.15) is 6.42 Å².